The number of hydrogen-bond acceptors (Lipinski definition) is 3. The van der Waals surface area contributed by atoms with E-state index >= 15 is 0 Å². The second-order valence-electron chi connectivity index (χ2n) is 8.82. The monoisotopic (exact) mass is 410 g/mol. The topological polar surface area (TPSA) is 49.4 Å². The molecule has 2 amide bonds. The van der Waals surface area contributed by atoms with E-state index in [0.29, 0.717) is 0 Å². The van der Waals surface area contributed by atoms with E-state index in [2.05, 4.69) is 50.4 Å². The van der Waals surface area contributed by atoms with Gasteiger partial charge in [0.25, 0.3) is 0 Å². The Hall–Kier alpha value is -2.27. The Balaban J connectivity index is 1.67. The first-order valence-corrected chi connectivity index (χ1v) is 11.2. The van der Waals surface area contributed by atoms with Gasteiger partial charge in [-0.1, -0.05) is 57.2 Å². The molecule has 0 unspecified atom stereocenters. The number of amides is 2. The number of carbonyl (C=O) groups is 2. The Labute approximate surface area is 178 Å². The number of nitrogens with zero attached hydrogens (tertiary/aromatic N) is 1. The fourth-order valence-electron chi connectivity index (χ4n) is 3.63. The minimum absolute atomic E-state index is 0.0225. The van der Waals surface area contributed by atoms with Crippen molar-refractivity contribution in [3.05, 3.63) is 59.7 Å². The quantitative estimate of drug-likeness (QED) is 0.694. The lowest BCUT2D eigenvalue weighted by atomic mass is 9.84. The SMILES string of the molecule is CSc1ccccc1NC(=O)CN(C)C(=O)C1(c2ccc(C(C)(C)C)cc2)CC1. The Kier molecular flexibility index (Phi) is 6.08. The van der Waals surface area contributed by atoms with Crippen LogP contribution in [-0.4, -0.2) is 36.6 Å². The van der Waals surface area contributed by atoms with Crippen LogP contribution in [0.4, 0.5) is 5.69 Å². The number of para-hydroxylation sites is 1. The zero-order chi connectivity index (χ0) is 21.2. The number of hydrogen-bond donors (Lipinski definition) is 1. The van der Waals surface area contributed by atoms with Gasteiger partial charge in [-0.3, -0.25) is 9.59 Å². The van der Waals surface area contributed by atoms with Gasteiger partial charge in [-0.15, -0.1) is 11.8 Å². The predicted octanol–water partition coefficient (Wildman–Crippen LogP) is 4.83. The van der Waals surface area contributed by atoms with E-state index < -0.39 is 5.41 Å². The summed E-state index contributed by atoms with van der Waals surface area (Å²) in [5.41, 5.74) is 2.70. The Morgan fingerprint density at radius 3 is 2.24 bits per heavy atom. The molecule has 1 aliphatic rings. The van der Waals surface area contributed by atoms with Crippen molar-refractivity contribution >= 4 is 29.3 Å². The highest BCUT2D eigenvalue weighted by atomic mass is 32.2. The first kappa shape index (κ1) is 21.4. The van der Waals surface area contributed by atoms with Crippen LogP contribution in [0, 0.1) is 0 Å². The van der Waals surface area contributed by atoms with Gasteiger partial charge in [-0.05, 0) is 47.8 Å². The molecule has 4 nitrogen and oxygen atoms in total. The van der Waals surface area contributed by atoms with Gasteiger partial charge in [0, 0.05) is 11.9 Å². The minimum Gasteiger partial charge on any atom is -0.336 e. The number of anilines is 1. The van der Waals surface area contributed by atoms with Crippen LogP contribution >= 0.6 is 11.8 Å². The molecule has 3 rings (SSSR count). The van der Waals surface area contributed by atoms with Crippen molar-refractivity contribution in [1.29, 1.82) is 0 Å². The second-order valence-corrected chi connectivity index (χ2v) is 9.67. The van der Waals surface area contributed by atoms with E-state index in [1.54, 1.807) is 23.7 Å². The molecule has 2 aromatic rings. The summed E-state index contributed by atoms with van der Waals surface area (Å²) in [6.45, 7) is 6.59. The van der Waals surface area contributed by atoms with E-state index in [0.717, 1.165) is 29.0 Å². The summed E-state index contributed by atoms with van der Waals surface area (Å²) in [6.07, 6.45) is 3.65. The van der Waals surface area contributed by atoms with E-state index in [-0.39, 0.29) is 23.8 Å². The van der Waals surface area contributed by atoms with Gasteiger partial charge in [-0.2, -0.15) is 0 Å². The third kappa shape index (κ3) is 4.67. The van der Waals surface area contributed by atoms with Gasteiger partial charge in [0.05, 0.1) is 17.6 Å². The highest BCUT2D eigenvalue weighted by Gasteiger charge is 2.52. The van der Waals surface area contributed by atoms with Crippen LogP contribution in [0.25, 0.3) is 0 Å². The molecule has 2 aromatic carbocycles. The molecule has 0 saturated heterocycles. The third-order valence-electron chi connectivity index (χ3n) is 5.57. The molecule has 0 heterocycles. The molecule has 1 fully saturated rings. The number of carbonyl (C=O) groups excluding carboxylic acids is 2. The molecular formula is C24H30N2O2S. The maximum atomic E-state index is 13.2. The van der Waals surface area contributed by atoms with Crippen molar-refractivity contribution < 1.29 is 9.59 Å². The summed E-state index contributed by atoms with van der Waals surface area (Å²) in [5.74, 6) is -0.157. The first-order chi connectivity index (χ1) is 13.7. The smallest absolute Gasteiger partial charge is 0.244 e. The molecule has 154 valence electrons. The highest BCUT2D eigenvalue weighted by molar-refractivity contribution is 7.98. The highest BCUT2D eigenvalue weighted by Crippen LogP contribution is 2.49. The van der Waals surface area contributed by atoms with E-state index in [4.69, 9.17) is 0 Å². The van der Waals surface area contributed by atoms with Crippen molar-refractivity contribution in [2.75, 3.05) is 25.2 Å². The maximum Gasteiger partial charge on any atom is 0.244 e. The van der Waals surface area contributed by atoms with Crippen LogP contribution in [0.1, 0.15) is 44.7 Å². The largest absolute Gasteiger partial charge is 0.336 e. The average Bonchev–Trinajstić information content (AvgIpc) is 3.49. The molecule has 5 heteroatoms. The molecule has 0 aliphatic heterocycles. The Morgan fingerprint density at radius 1 is 1.07 bits per heavy atom. The molecule has 0 spiro atoms. The fraction of sp³-hybridized carbons (Fsp3) is 0.417. The number of nitrogens with one attached hydrogen (secondary N) is 1. The molecule has 1 saturated carbocycles. The van der Waals surface area contributed by atoms with Crippen LogP contribution < -0.4 is 5.32 Å². The Morgan fingerprint density at radius 2 is 1.69 bits per heavy atom. The molecule has 0 aromatic heterocycles. The lowest BCUT2D eigenvalue weighted by Crippen LogP contribution is -2.41. The summed E-state index contributed by atoms with van der Waals surface area (Å²) < 4.78 is 0. The molecule has 0 atom stereocenters. The summed E-state index contributed by atoms with van der Waals surface area (Å²) >= 11 is 1.58. The molecule has 0 radical (unpaired) electrons. The zero-order valence-corrected chi connectivity index (χ0v) is 18.7. The lowest BCUT2D eigenvalue weighted by Gasteiger charge is -2.25. The van der Waals surface area contributed by atoms with Crippen LogP contribution in [0.2, 0.25) is 0 Å². The van der Waals surface area contributed by atoms with Crippen LogP contribution in [0.5, 0.6) is 0 Å². The van der Waals surface area contributed by atoms with Crippen LogP contribution in [-0.2, 0) is 20.4 Å². The maximum absolute atomic E-state index is 13.2. The van der Waals surface area contributed by atoms with Gasteiger partial charge >= 0.3 is 0 Å². The lowest BCUT2D eigenvalue weighted by molar-refractivity contribution is -0.135. The minimum atomic E-state index is -0.470. The summed E-state index contributed by atoms with van der Waals surface area (Å²) in [6, 6.07) is 16.1. The second kappa shape index (κ2) is 8.23. The molecule has 0 bridgehead atoms. The predicted molar refractivity (Wildman–Crippen MR) is 121 cm³/mol. The van der Waals surface area contributed by atoms with Crippen molar-refractivity contribution in [2.24, 2.45) is 0 Å². The van der Waals surface area contributed by atoms with Gasteiger partial charge in [0.1, 0.15) is 0 Å². The first-order valence-electron chi connectivity index (χ1n) is 9.97. The van der Waals surface area contributed by atoms with Gasteiger partial charge < -0.3 is 10.2 Å². The molecule has 1 aliphatic carbocycles. The number of benzene rings is 2. The average molecular weight is 411 g/mol. The number of rotatable bonds is 6. The van der Waals surface area contributed by atoms with Crippen LogP contribution in [0.3, 0.4) is 0 Å². The fourth-order valence-corrected chi connectivity index (χ4v) is 4.18. The van der Waals surface area contributed by atoms with E-state index in [9.17, 15) is 9.59 Å². The van der Waals surface area contributed by atoms with Crippen LogP contribution in [0.15, 0.2) is 53.4 Å². The molecular weight excluding hydrogens is 380 g/mol. The molecule has 1 N–H and O–H groups in total. The normalized spacial score (nSPS) is 14.9. The van der Waals surface area contributed by atoms with Crippen molar-refractivity contribution in [1.82, 2.24) is 4.90 Å². The Bertz CT molecular complexity index is 896. The molecule has 29 heavy (non-hydrogen) atoms. The summed E-state index contributed by atoms with van der Waals surface area (Å²) in [7, 11) is 1.71. The number of thioether (sulfide) groups is 1. The van der Waals surface area contributed by atoms with Gasteiger partial charge in [0.2, 0.25) is 11.8 Å². The summed E-state index contributed by atoms with van der Waals surface area (Å²) in [5, 5.41) is 2.93. The van der Waals surface area contributed by atoms with Crippen molar-refractivity contribution in [2.45, 2.75) is 49.3 Å². The van der Waals surface area contributed by atoms with Crippen molar-refractivity contribution in [3.63, 3.8) is 0 Å². The third-order valence-corrected chi connectivity index (χ3v) is 6.37. The van der Waals surface area contributed by atoms with E-state index in [1.165, 1.54) is 5.56 Å². The standard InChI is InChI=1S/C24H30N2O2S/c1-23(2,3)17-10-12-18(13-11-17)24(14-15-24)22(28)26(4)16-21(27)25-19-8-6-7-9-20(19)29-5/h6-13H,14-16H2,1-5H3,(H,25,27). The summed E-state index contributed by atoms with van der Waals surface area (Å²) in [4.78, 5) is 28.2. The zero-order valence-electron chi connectivity index (χ0n) is 17.9. The van der Waals surface area contributed by atoms with E-state index in [1.807, 2.05) is 30.5 Å². The van der Waals surface area contributed by atoms with Gasteiger partial charge in [0.15, 0.2) is 0 Å². The van der Waals surface area contributed by atoms with Crippen molar-refractivity contribution in [3.8, 4) is 0 Å². The number of likely N-dealkylation sites (N-methyl/N-ethyl adjacent to an activating group) is 1. The van der Waals surface area contributed by atoms with Gasteiger partial charge in [-0.25, -0.2) is 0 Å².